The average Bonchev–Trinajstić information content (AvgIpc) is 2.81. The van der Waals surface area contributed by atoms with Gasteiger partial charge in [0.2, 0.25) is 5.91 Å². The first-order valence-corrected chi connectivity index (χ1v) is 12.0. The number of rotatable bonds is 5. The molecule has 1 heterocycles. The van der Waals surface area contributed by atoms with Crippen LogP contribution < -0.4 is 10.1 Å². The van der Waals surface area contributed by atoms with Gasteiger partial charge in [-0.1, -0.05) is 35.9 Å². The maximum atomic E-state index is 13.0. The minimum Gasteiger partial charge on any atom is -0.497 e. The number of halogens is 1. The van der Waals surface area contributed by atoms with Crippen LogP contribution in [0, 0.1) is 5.92 Å². The first kappa shape index (κ1) is 22.7. The first-order chi connectivity index (χ1) is 15.4. The largest absolute Gasteiger partial charge is 0.497 e. The number of hydrogen-bond donors (Lipinski definition) is 1. The number of amides is 2. The number of ether oxygens (including phenoxy) is 1. The van der Waals surface area contributed by atoms with E-state index in [1.54, 1.807) is 18.9 Å². The number of hydrogen-bond acceptors (Lipinski definition) is 4. The third-order valence-electron chi connectivity index (χ3n) is 6.20. The Bertz CT molecular complexity index is 1020. The van der Waals surface area contributed by atoms with Crippen LogP contribution in [0.3, 0.4) is 0 Å². The van der Waals surface area contributed by atoms with Crippen LogP contribution in [0.15, 0.2) is 53.4 Å². The van der Waals surface area contributed by atoms with Gasteiger partial charge in [0.25, 0.3) is 5.91 Å². The molecule has 2 aromatic carbocycles. The minimum absolute atomic E-state index is 0.0151. The van der Waals surface area contributed by atoms with Gasteiger partial charge in [0.05, 0.1) is 12.0 Å². The van der Waals surface area contributed by atoms with Gasteiger partial charge in [0.15, 0.2) is 0 Å². The molecule has 2 aliphatic rings. The van der Waals surface area contributed by atoms with Crippen LogP contribution in [-0.2, 0) is 16.1 Å². The Kier molecular flexibility index (Phi) is 7.11. The van der Waals surface area contributed by atoms with Gasteiger partial charge in [-0.25, -0.2) is 0 Å². The molecule has 3 unspecified atom stereocenters. The molecule has 2 amide bonds. The number of carbonyl (C=O) groups excluding carboxylic acids is 2. The second-order valence-electron chi connectivity index (χ2n) is 8.28. The standard InChI is InChI=1S/C25H27ClN2O3S/c1-28-21-14-18(24(29)27-15-16-6-9-19(26)10-7-16)8-11-22(21)32-23(25(28)30)13-17-4-3-5-20(12-17)31-2/h3-7,9-10,12-13,18,21-22H,8,11,14-15H2,1-2H3,(H,27,29)/b23-13-. The van der Waals surface area contributed by atoms with Gasteiger partial charge in [-0.15, -0.1) is 11.8 Å². The number of fused-ring (bicyclic) bond motifs is 1. The molecular formula is C25H27ClN2O3S. The predicted octanol–water partition coefficient (Wildman–Crippen LogP) is 4.75. The summed E-state index contributed by atoms with van der Waals surface area (Å²) in [7, 11) is 3.49. The third-order valence-corrected chi connectivity index (χ3v) is 7.86. The van der Waals surface area contributed by atoms with Crippen molar-refractivity contribution in [2.24, 2.45) is 5.92 Å². The normalized spacial score (nSPS) is 24.2. The molecule has 32 heavy (non-hydrogen) atoms. The predicted molar refractivity (Wildman–Crippen MR) is 130 cm³/mol. The van der Waals surface area contributed by atoms with Crippen molar-refractivity contribution in [2.75, 3.05) is 14.2 Å². The Morgan fingerprint density at radius 2 is 2.03 bits per heavy atom. The number of nitrogens with one attached hydrogen (secondary N) is 1. The lowest BCUT2D eigenvalue weighted by molar-refractivity contribution is -0.132. The van der Waals surface area contributed by atoms with Crippen LogP contribution in [0.2, 0.25) is 5.02 Å². The van der Waals surface area contributed by atoms with Gasteiger partial charge in [-0.2, -0.15) is 0 Å². The van der Waals surface area contributed by atoms with Crippen LogP contribution in [0.5, 0.6) is 5.75 Å². The fourth-order valence-corrected chi connectivity index (χ4v) is 5.96. The fourth-order valence-electron chi connectivity index (χ4n) is 4.35. The van der Waals surface area contributed by atoms with Gasteiger partial charge in [-0.3, -0.25) is 9.59 Å². The summed E-state index contributed by atoms with van der Waals surface area (Å²) in [6.45, 7) is 0.484. The summed E-state index contributed by atoms with van der Waals surface area (Å²) in [6, 6.07) is 15.2. The molecule has 0 bridgehead atoms. The van der Waals surface area contributed by atoms with E-state index in [1.165, 1.54) is 0 Å². The summed E-state index contributed by atoms with van der Waals surface area (Å²) in [5.74, 6) is 0.760. The van der Waals surface area contributed by atoms with Crippen molar-refractivity contribution in [3.05, 3.63) is 69.6 Å². The highest BCUT2D eigenvalue weighted by Gasteiger charge is 2.42. The first-order valence-electron chi connectivity index (χ1n) is 10.8. The SMILES string of the molecule is COc1cccc(/C=C2\SC3CCC(C(=O)NCc4ccc(Cl)cc4)CC3N(C)C2=O)c1. The molecule has 0 spiro atoms. The molecular weight excluding hydrogens is 444 g/mol. The Balaban J connectivity index is 1.39. The molecule has 1 saturated carbocycles. The molecule has 0 radical (unpaired) electrons. The molecule has 1 aliphatic carbocycles. The van der Waals surface area contributed by atoms with E-state index in [1.807, 2.05) is 66.6 Å². The van der Waals surface area contributed by atoms with Crippen molar-refractivity contribution in [3.8, 4) is 5.75 Å². The maximum absolute atomic E-state index is 13.0. The van der Waals surface area contributed by atoms with E-state index in [4.69, 9.17) is 16.3 Å². The lowest BCUT2D eigenvalue weighted by atomic mass is 9.83. The van der Waals surface area contributed by atoms with Crippen LogP contribution in [0.1, 0.15) is 30.4 Å². The Morgan fingerprint density at radius 1 is 1.25 bits per heavy atom. The number of benzene rings is 2. The Morgan fingerprint density at radius 3 is 2.78 bits per heavy atom. The quantitative estimate of drug-likeness (QED) is 0.641. The second-order valence-corrected chi connectivity index (χ2v) is 10.00. The minimum atomic E-state index is -0.0803. The number of methoxy groups -OCH3 is 1. The van der Waals surface area contributed by atoms with Crippen LogP contribution in [-0.4, -0.2) is 42.2 Å². The van der Waals surface area contributed by atoms with E-state index >= 15 is 0 Å². The van der Waals surface area contributed by atoms with Crippen molar-refractivity contribution >= 4 is 41.3 Å². The average molecular weight is 471 g/mol. The van der Waals surface area contributed by atoms with E-state index in [0.717, 1.165) is 34.6 Å². The number of nitrogens with zero attached hydrogens (tertiary/aromatic N) is 1. The molecule has 0 aromatic heterocycles. The van der Waals surface area contributed by atoms with E-state index in [0.29, 0.717) is 23.2 Å². The zero-order chi connectivity index (χ0) is 22.7. The summed E-state index contributed by atoms with van der Waals surface area (Å²) in [4.78, 5) is 28.4. The molecule has 3 atom stereocenters. The van der Waals surface area contributed by atoms with E-state index in [2.05, 4.69) is 5.32 Å². The second kappa shape index (κ2) is 10.0. The van der Waals surface area contributed by atoms with E-state index < -0.39 is 0 Å². The summed E-state index contributed by atoms with van der Waals surface area (Å²) >= 11 is 7.57. The van der Waals surface area contributed by atoms with Gasteiger partial charge >= 0.3 is 0 Å². The summed E-state index contributed by atoms with van der Waals surface area (Å²) < 4.78 is 5.29. The maximum Gasteiger partial charge on any atom is 0.260 e. The lowest BCUT2D eigenvalue weighted by Gasteiger charge is -2.44. The molecule has 168 valence electrons. The van der Waals surface area contributed by atoms with Gasteiger partial charge < -0.3 is 15.0 Å². The Hall–Kier alpha value is -2.44. The van der Waals surface area contributed by atoms with Crippen LogP contribution in [0.25, 0.3) is 6.08 Å². The highest BCUT2D eigenvalue weighted by Crippen LogP contribution is 2.43. The molecule has 7 heteroatoms. The lowest BCUT2D eigenvalue weighted by Crippen LogP contribution is -2.52. The van der Waals surface area contributed by atoms with Crippen molar-refractivity contribution in [2.45, 2.75) is 37.1 Å². The fraction of sp³-hybridized carbons (Fsp3) is 0.360. The Labute approximate surface area is 198 Å². The number of carbonyl (C=O) groups is 2. The van der Waals surface area contributed by atoms with Crippen molar-refractivity contribution < 1.29 is 14.3 Å². The molecule has 1 N–H and O–H groups in total. The van der Waals surface area contributed by atoms with E-state index in [-0.39, 0.29) is 23.8 Å². The number of thioether (sulfide) groups is 1. The molecule has 2 aromatic rings. The van der Waals surface area contributed by atoms with Gasteiger partial charge in [0.1, 0.15) is 5.75 Å². The molecule has 1 saturated heterocycles. The summed E-state index contributed by atoms with van der Waals surface area (Å²) in [6.07, 6.45) is 4.36. The molecule has 4 rings (SSSR count). The zero-order valence-corrected chi connectivity index (χ0v) is 19.8. The van der Waals surface area contributed by atoms with Crippen LogP contribution in [0.4, 0.5) is 0 Å². The van der Waals surface area contributed by atoms with E-state index in [9.17, 15) is 9.59 Å². The third kappa shape index (κ3) is 5.13. The molecule has 1 aliphatic heterocycles. The highest BCUT2D eigenvalue weighted by molar-refractivity contribution is 8.04. The molecule has 5 nitrogen and oxygen atoms in total. The van der Waals surface area contributed by atoms with Crippen LogP contribution >= 0.6 is 23.4 Å². The van der Waals surface area contributed by atoms with Gasteiger partial charge in [-0.05, 0) is 60.7 Å². The smallest absolute Gasteiger partial charge is 0.260 e. The van der Waals surface area contributed by atoms with Crippen molar-refractivity contribution in [1.29, 1.82) is 0 Å². The van der Waals surface area contributed by atoms with Crippen molar-refractivity contribution in [3.63, 3.8) is 0 Å². The number of likely N-dealkylation sites (N-methyl/N-ethyl adjacent to an activating group) is 1. The summed E-state index contributed by atoms with van der Waals surface area (Å²) in [5.41, 5.74) is 1.96. The summed E-state index contributed by atoms with van der Waals surface area (Å²) in [5, 5.41) is 4.03. The van der Waals surface area contributed by atoms with Gasteiger partial charge in [0, 0.05) is 35.8 Å². The topological polar surface area (TPSA) is 58.6 Å². The monoisotopic (exact) mass is 470 g/mol. The molecule has 2 fully saturated rings. The zero-order valence-electron chi connectivity index (χ0n) is 18.2. The highest BCUT2D eigenvalue weighted by atomic mass is 35.5. The van der Waals surface area contributed by atoms with Crippen molar-refractivity contribution in [1.82, 2.24) is 10.2 Å².